The minimum absolute atomic E-state index is 0.661. The molecule has 0 aromatic rings. The zero-order valence-corrected chi connectivity index (χ0v) is 10.5. The Hall–Kier alpha value is 0.270. The molecular formula is C12H24N2S. The number of nitrogens with zero attached hydrogens (tertiary/aromatic N) is 1. The Morgan fingerprint density at radius 3 is 2.60 bits per heavy atom. The zero-order chi connectivity index (χ0) is 10.7. The normalized spacial score (nSPS) is 37.6. The van der Waals surface area contributed by atoms with E-state index < -0.39 is 0 Å². The minimum Gasteiger partial charge on any atom is -0.329 e. The van der Waals surface area contributed by atoms with Crippen LogP contribution in [0.15, 0.2) is 0 Å². The molecule has 88 valence electrons. The Morgan fingerprint density at radius 2 is 2.00 bits per heavy atom. The topological polar surface area (TPSA) is 29.3 Å². The average Bonchev–Trinajstić information content (AvgIpc) is 2.64. The van der Waals surface area contributed by atoms with E-state index in [0.29, 0.717) is 5.41 Å². The van der Waals surface area contributed by atoms with Gasteiger partial charge in [0.15, 0.2) is 0 Å². The molecule has 3 heteroatoms. The van der Waals surface area contributed by atoms with Crippen LogP contribution < -0.4 is 5.73 Å². The standard InChI is InChI=1S/C12H24N2S/c13-6-8-14-7-5-12(10-14)3-1-11(9-15)2-4-12/h11,15H,1-10,13H2. The molecule has 1 saturated heterocycles. The van der Waals surface area contributed by atoms with Gasteiger partial charge in [0.1, 0.15) is 0 Å². The van der Waals surface area contributed by atoms with Crippen LogP contribution in [0.25, 0.3) is 0 Å². The molecule has 2 nitrogen and oxygen atoms in total. The molecule has 0 unspecified atom stereocenters. The van der Waals surface area contributed by atoms with Gasteiger partial charge >= 0.3 is 0 Å². The van der Waals surface area contributed by atoms with Crippen LogP contribution in [0.4, 0.5) is 0 Å². The molecule has 0 aromatic carbocycles. The Morgan fingerprint density at radius 1 is 1.27 bits per heavy atom. The van der Waals surface area contributed by atoms with Crippen LogP contribution in [0.5, 0.6) is 0 Å². The van der Waals surface area contributed by atoms with Crippen molar-refractivity contribution >= 4 is 12.6 Å². The monoisotopic (exact) mass is 228 g/mol. The van der Waals surface area contributed by atoms with E-state index in [2.05, 4.69) is 17.5 Å². The molecule has 1 spiro atoms. The van der Waals surface area contributed by atoms with Crippen LogP contribution in [0.2, 0.25) is 0 Å². The van der Waals surface area contributed by atoms with E-state index in [9.17, 15) is 0 Å². The molecule has 15 heavy (non-hydrogen) atoms. The smallest absolute Gasteiger partial charge is 0.0105 e. The second-order valence-electron chi connectivity index (χ2n) is 5.44. The Balaban J connectivity index is 1.83. The van der Waals surface area contributed by atoms with E-state index in [4.69, 9.17) is 5.73 Å². The summed E-state index contributed by atoms with van der Waals surface area (Å²) >= 11 is 4.42. The molecule has 1 saturated carbocycles. The third-order valence-corrected chi connectivity index (χ3v) is 4.90. The summed E-state index contributed by atoms with van der Waals surface area (Å²) in [6.45, 7) is 4.50. The lowest BCUT2D eigenvalue weighted by Gasteiger charge is -2.37. The summed E-state index contributed by atoms with van der Waals surface area (Å²) < 4.78 is 0. The first-order valence-corrected chi connectivity index (χ1v) is 6.94. The molecule has 1 heterocycles. The maximum atomic E-state index is 5.62. The number of rotatable bonds is 3. The van der Waals surface area contributed by atoms with Crippen molar-refractivity contribution in [3.05, 3.63) is 0 Å². The van der Waals surface area contributed by atoms with Gasteiger partial charge in [0.05, 0.1) is 0 Å². The maximum absolute atomic E-state index is 5.62. The average molecular weight is 228 g/mol. The van der Waals surface area contributed by atoms with Crippen LogP contribution in [0, 0.1) is 11.3 Å². The minimum atomic E-state index is 0.661. The van der Waals surface area contributed by atoms with Crippen LogP contribution in [-0.4, -0.2) is 36.8 Å². The highest BCUT2D eigenvalue weighted by Crippen LogP contribution is 2.45. The molecule has 0 amide bonds. The van der Waals surface area contributed by atoms with E-state index in [1.54, 1.807) is 0 Å². The zero-order valence-electron chi connectivity index (χ0n) is 9.62. The van der Waals surface area contributed by atoms with Crippen molar-refractivity contribution in [2.24, 2.45) is 17.1 Å². The van der Waals surface area contributed by atoms with E-state index >= 15 is 0 Å². The van der Waals surface area contributed by atoms with Crippen LogP contribution >= 0.6 is 12.6 Å². The Kier molecular flexibility index (Phi) is 3.97. The van der Waals surface area contributed by atoms with Crippen LogP contribution in [0.1, 0.15) is 32.1 Å². The second-order valence-corrected chi connectivity index (χ2v) is 5.81. The molecule has 1 aliphatic heterocycles. The lowest BCUT2D eigenvalue weighted by atomic mass is 9.70. The van der Waals surface area contributed by atoms with Crippen molar-refractivity contribution in [2.45, 2.75) is 32.1 Å². The van der Waals surface area contributed by atoms with Crippen molar-refractivity contribution in [1.82, 2.24) is 4.90 Å². The molecule has 0 radical (unpaired) electrons. The van der Waals surface area contributed by atoms with Gasteiger partial charge < -0.3 is 10.6 Å². The van der Waals surface area contributed by atoms with Crippen molar-refractivity contribution in [3.63, 3.8) is 0 Å². The fraction of sp³-hybridized carbons (Fsp3) is 1.00. The first-order valence-electron chi connectivity index (χ1n) is 6.31. The lowest BCUT2D eigenvalue weighted by molar-refractivity contribution is 0.159. The van der Waals surface area contributed by atoms with Gasteiger partial charge in [0.2, 0.25) is 0 Å². The van der Waals surface area contributed by atoms with E-state index in [1.807, 2.05) is 0 Å². The second kappa shape index (κ2) is 5.07. The van der Waals surface area contributed by atoms with E-state index in [0.717, 1.165) is 24.8 Å². The van der Waals surface area contributed by atoms with Gasteiger partial charge in [-0.05, 0) is 55.7 Å². The Labute approximate surface area is 99.0 Å². The number of likely N-dealkylation sites (tertiary alicyclic amines) is 1. The van der Waals surface area contributed by atoms with Crippen LogP contribution in [-0.2, 0) is 0 Å². The van der Waals surface area contributed by atoms with Gasteiger partial charge in [0, 0.05) is 19.6 Å². The predicted octanol–water partition coefficient (Wildman–Crippen LogP) is 1.76. The fourth-order valence-electron chi connectivity index (χ4n) is 3.28. The SMILES string of the molecule is NCCN1CCC2(CCC(CS)CC2)C1. The molecule has 2 rings (SSSR count). The van der Waals surface area contributed by atoms with Crippen molar-refractivity contribution in [2.75, 3.05) is 31.9 Å². The molecule has 1 aliphatic carbocycles. The highest BCUT2D eigenvalue weighted by molar-refractivity contribution is 7.80. The van der Waals surface area contributed by atoms with Gasteiger partial charge in [-0.15, -0.1) is 0 Å². The summed E-state index contributed by atoms with van der Waals surface area (Å²) in [4.78, 5) is 2.56. The van der Waals surface area contributed by atoms with Gasteiger partial charge in [-0.3, -0.25) is 0 Å². The van der Waals surface area contributed by atoms with Gasteiger partial charge in [-0.25, -0.2) is 0 Å². The summed E-state index contributed by atoms with van der Waals surface area (Å²) in [5, 5.41) is 0. The molecule has 0 atom stereocenters. The summed E-state index contributed by atoms with van der Waals surface area (Å²) in [5.41, 5.74) is 6.28. The largest absolute Gasteiger partial charge is 0.329 e. The van der Waals surface area contributed by atoms with Crippen LogP contribution in [0.3, 0.4) is 0 Å². The molecule has 2 fully saturated rings. The third kappa shape index (κ3) is 2.69. The molecule has 2 aliphatic rings. The highest BCUT2D eigenvalue weighted by atomic mass is 32.1. The van der Waals surface area contributed by atoms with Crippen molar-refractivity contribution in [3.8, 4) is 0 Å². The summed E-state index contributed by atoms with van der Waals surface area (Å²) in [6, 6.07) is 0. The number of hydrogen-bond acceptors (Lipinski definition) is 3. The summed E-state index contributed by atoms with van der Waals surface area (Å²) in [7, 11) is 0. The van der Waals surface area contributed by atoms with Gasteiger partial charge in [-0.1, -0.05) is 0 Å². The molecule has 0 bridgehead atoms. The first kappa shape index (κ1) is 11.7. The van der Waals surface area contributed by atoms with Gasteiger partial charge in [0.25, 0.3) is 0 Å². The number of thiol groups is 1. The summed E-state index contributed by atoms with van der Waals surface area (Å²) in [5.74, 6) is 1.98. The predicted molar refractivity (Wildman–Crippen MR) is 68.4 cm³/mol. The fourth-order valence-corrected chi connectivity index (χ4v) is 3.65. The molecular weight excluding hydrogens is 204 g/mol. The summed E-state index contributed by atoms with van der Waals surface area (Å²) in [6.07, 6.45) is 7.07. The van der Waals surface area contributed by atoms with E-state index in [1.165, 1.54) is 45.2 Å². The highest BCUT2D eigenvalue weighted by Gasteiger charge is 2.40. The lowest BCUT2D eigenvalue weighted by Crippen LogP contribution is -2.33. The Bertz CT molecular complexity index is 200. The van der Waals surface area contributed by atoms with E-state index in [-0.39, 0.29) is 0 Å². The number of nitrogens with two attached hydrogens (primary N) is 1. The third-order valence-electron chi connectivity index (χ3n) is 4.39. The quantitative estimate of drug-likeness (QED) is 0.721. The maximum Gasteiger partial charge on any atom is 0.0105 e. The molecule has 0 aromatic heterocycles. The first-order chi connectivity index (χ1) is 7.28. The van der Waals surface area contributed by atoms with Crippen molar-refractivity contribution < 1.29 is 0 Å². The van der Waals surface area contributed by atoms with Crippen molar-refractivity contribution in [1.29, 1.82) is 0 Å². The number of hydrogen-bond donors (Lipinski definition) is 2. The molecule has 2 N–H and O–H groups in total. The van der Waals surface area contributed by atoms with Gasteiger partial charge in [-0.2, -0.15) is 12.6 Å².